The number of imidazole rings is 1. The second-order valence-corrected chi connectivity index (χ2v) is 7.27. The van der Waals surface area contributed by atoms with E-state index in [4.69, 9.17) is 0 Å². The number of halogens is 3. The number of hydrogen-bond acceptors (Lipinski definition) is 4. The molecule has 1 unspecified atom stereocenters. The highest BCUT2D eigenvalue weighted by Crippen LogP contribution is 2.49. The summed E-state index contributed by atoms with van der Waals surface area (Å²) in [5.41, 5.74) is -2.56. The van der Waals surface area contributed by atoms with E-state index in [1.807, 2.05) is 11.5 Å². The van der Waals surface area contributed by atoms with Crippen molar-refractivity contribution in [2.24, 2.45) is 0 Å². The molecule has 0 spiro atoms. The molecule has 2 aromatic rings. The summed E-state index contributed by atoms with van der Waals surface area (Å²) < 4.78 is 43.1. The molecule has 2 atom stereocenters. The van der Waals surface area contributed by atoms with Crippen molar-refractivity contribution >= 4 is 0 Å². The molecule has 0 bridgehead atoms. The van der Waals surface area contributed by atoms with Crippen molar-refractivity contribution in [1.29, 1.82) is 0 Å². The summed E-state index contributed by atoms with van der Waals surface area (Å²) in [4.78, 5) is 3.88. The van der Waals surface area contributed by atoms with Gasteiger partial charge < -0.3 is 14.2 Å². The number of rotatable bonds is 2. The van der Waals surface area contributed by atoms with Crippen molar-refractivity contribution in [3.63, 3.8) is 0 Å². The third-order valence-corrected chi connectivity index (χ3v) is 5.19. The average Bonchev–Trinajstić information content (AvgIpc) is 2.90. The monoisotopic (exact) mass is 341 g/mol. The molecule has 1 fully saturated rings. The topological polar surface area (TPSA) is 68.8 Å². The van der Waals surface area contributed by atoms with E-state index in [9.17, 15) is 18.3 Å². The number of aliphatic hydroxyl groups is 1. The maximum atomic E-state index is 13.2. The fraction of sp³-hybridized carbons (Fsp3) is 0.667. The van der Waals surface area contributed by atoms with Crippen LogP contribution in [-0.2, 0) is 17.6 Å². The summed E-state index contributed by atoms with van der Waals surface area (Å²) in [6.45, 7) is 5.10. The van der Waals surface area contributed by atoms with E-state index in [0.29, 0.717) is 18.1 Å². The van der Waals surface area contributed by atoms with Gasteiger partial charge in [0.1, 0.15) is 11.5 Å². The van der Waals surface area contributed by atoms with Gasteiger partial charge in [0.25, 0.3) is 0 Å². The number of hydrogen-bond donors (Lipinski definition) is 1. The van der Waals surface area contributed by atoms with Gasteiger partial charge in [-0.1, -0.05) is 6.92 Å². The smallest absolute Gasteiger partial charge is 0.374 e. The fourth-order valence-electron chi connectivity index (χ4n) is 3.33. The first kappa shape index (κ1) is 15.6. The summed E-state index contributed by atoms with van der Waals surface area (Å²) in [7, 11) is 0. The molecule has 3 heterocycles. The molecule has 4 rings (SSSR count). The van der Waals surface area contributed by atoms with Crippen LogP contribution >= 0.6 is 0 Å². The van der Waals surface area contributed by atoms with E-state index in [1.165, 1.54) is 10.8 Å². The largest absolute Gasteiger partial charge is 0.424 e. The summed E-state index contributed by atoms with van der Waals surface area (Å²) in [6.07, 6.45) is -1.41. The fourth-order valence-corrected chi connectivity index (χ4v) is 3.33. The minimum Gasteiger partial charge on any atom is -0.374 e. The van der Waals surface area contributed by atoms with Crippen LogP contribution in [-0.4, -0.2) is 35.6 Å². The van der Waals surface area contributed by atoms with Crippen LogP contribution in [0.2, 0.25) is 0 Å². The van der Waals surface area contributed by atoms with Crippen molar-refractivity contribution in [1.82, 2.24) is 24.3 Å². The number of alkyl halides is 3. The molecular formula is C15H18F3N5O. The van der Waals surface area contributed by atoms with Crippen LogP contribution in [0.1, 0.15) is 51.3 Å². The van der Waals surface area contributed by atoms with Gasteiger partial charge in [0.05, 0.1) is 12.2 Å². The molecule has 0 amide bonds. The lowest BCUT2D eigenvalue weighted by molar-refractivity contribution is -0.262. The molecule has 2 aromatic heterocycles. The zero-order chi connectivity index (χ0) is 17.5. The van der Waals surface area contributed by atoms with Crippen LogP contribution in [0.15, 0.2) is 6.20 Å². The highest BCUT2D eigenvalue weighted by molar-refractivity contribution is 5.53. The van der Waals surface area contributed by atoms with E-state index < -0.39 is 17.6 Å². The van der Waals surface area contributed by atoms with E-state index >= 15 is 0 Å². The summed E-state index contributed by atoms with van der Waals surface area (Å²) >= 11 is 0. The van der Waals surface area contributed by atoms with E-state index in [1.54, 1.807) is 0 Å². The first-order valence-corrected chi connectivity index (χ1v) is 7.87. The molecule has 1 aliphatic heterocycles. The van der Waals surface area contributed by atoms with Gasteiger partial charge >= 0.3 is 6.18 Å². The second-order valence-electron chi connectivity index (χ2n) is 7.27. The maximum absolute atomic E-state index is 13.2. The predicted octanol–water partition coefficient (Wildman–Crippen LogP) is 2.54. The van der Waals surface area contributed by atoms with E-state index in [-0.39, 0.29) is 11.5 Å². The van der Waals surface area contributed by atoms with Crippen LogP contribution in [0.25, 0.3) is 11.5 Å². The third-order valence-electron chi connectivity index (χ3n) is 5.19. The first-order valence-electron chi connectivity index (χ1n) is 7.87. The molecular weight excluding hydrogens is 323 g/mol. The Bertz CT molecular complexity index is 816. The van der Waals surface area contributed by atoms with Gasteiger partial charge in [-0.15, -0.1) is 10.2 Å². The Hall–Kier alpha value is -1.90. The molecule has 0 radical (unpaired) electrons. The van der Waals surface area contributed by atoms with Gasteiger partial charge in [0.2, 0.25) is 5.60 Å². The zero-order valence-corrected chi connectivity index (χ0v) is 13.6. The molecule has 1 N–H and O–H groups in total. The molecule has 6 nitrogen and oxygen atoms in total. The third kappa shape index (κ3) is 1.90. The summed E-state index contributed by atoms with van der Waals surface area (Å²) in [5, 5.41) is 18.5. The lowest BCUT2D eigenvalue weighted by Gasteiger charge is -2.32. The molecule has 130 valence electrons. The predicted molar refractivity (Wildman–Crippen MR) is 78.2 cm³/mol. The van der Waals surface area contributed by atoms with Crippen molar-refractivity contribution < 1.29 is 18.3 Å². The Morgan fingerprint density at radius 3 is 2.54 bits per heavy atom. The van der Waals surface area contributed by atoms with Crippen molar-refractivity contribution in [3.8, 4) is 11.5 Å². The second kappa shape index (κ2) is 4.38. The van der Waals surface area contributed by atoms with Gasteiger partial charge in [0.15, 0.2) is 11.6 Å². The Morgan fingerprint density at radius 1 is 1.29 bits per heavy atom. The highest BCUT2D eigenvalue weighted by atomic mass is 19.4. The van der Waals surface area contributed by atoms with Gasteiger partial charge in [-0.25, -0.2) is 4.98 Å². The molecule has 0 saturated heterocycles. The Kier molecular flexibility index (Phi) is 2.85. The normalized spacial score (nSPS) is 24.2. The van der Waals surface area contributed by atoms with Gasteiger partial charge in [-0.05, 0) is 26.7 Å². The lowest BCUT2D eigenvalue weighted by Crippen LogP contribution is -2.42. The Morgan fingerprint density at radius 2 is 1.96 bits per heavy atom. The molecule has 2 aliphatic rings. The lowest BCUT2D eigenvalue weighted by atomic mass is 10.0. The van der Waals surface area contributed by atoms with Gasteiger partial charge in [-0.3, -0.25) is 0 Å². The maximum Gasteiger partial charge on any atom is 0.424 e. The van der Waals surface area contributed by atoms with Gasteiger partial charge in [-0.2, -0.15) is 13.2 Å². The first-order chi connectivity index (χ1) is 11.1. The number of fused-ring (bicyclic) bond motifs is 3. The van der Waals surface area contributed by atoms with Crippen molar-refractivity contribution in [2.75, 3.05) is 0 Å². The average molecular weight is 341 g/mol. The van der Waals surface area contributed by atoms with Crippen molar-refractivity contribution in [2.45, 2.75) is 63.4 Å². The minimum atomic E-state index is -4.81. The minimum absolute atomic E-state index is 0.00739. The van der Waals surface area contributed by atoms with E-state index in [2.05, 4.69) is 22.1 Å². The summed E-state index contributed by atoms with van der Waals surface area (Å²) in [5.74, 6) is 0.972. The summed E-state index contributed by atoms with van der Waals surface area (Å²) in [6, 6.07) is -0.295. The van der Waals surface area contributed by atoms with Crippen LogP contribution in [0.3, 0.4) is 0 Å². The van der Waals surface area contributed by atoms with Crippen LogP contribution in [0.5, 0.6) is 0 Å². The standard InChI is InChI=1S/C15H18F3N5O/c1-8-7-22-10(20-21-11(22)13(2)4-5-13)9-6-19-12(23(8)9)14(3,24)15(16,17)18/h6,8,24H,4-5,7H2,1-3H3/t8-,14?/m0/s1. The Balaban J connectivity index is 1.87. The molecule has 24 heavy (non-hydrogen) atoms. The van der Waals surface area contributed by atoms with Crippen LogP contribution in [0.4, 0.5) is 13.2 Å². The highest BCUT2D eigenvalue weighted by Gasteiger charge is 2.55. The van der Waals surface area contributed by atoms with Gasteiger partial charge in [0, 0.05) is 12.0 Å². The van der Waals surface area contributed by atoms with E-state index in [0.717, 1.165) is 25.6 Å². The molecule has 0 aromatic carbocycles. The zero-order valence-electron chi connectivity index (χ0n) is 13.6. The Labute approximate surface area is 136 Å². The SMILES string of the molecule is C[C@H]1Cn2c(nnc2C2(C)CC2)-c2cnc(C(C)(O)C(F)(F)F)n21. The van der Waals surface area contributed by atoms with Crippen molar-refractivity contribution in [3.05, 3.63) is 17.8 Å². The quantitative estimate of drug-likeness (QED) is 0.911. The molecule has 1 saturated carbocycles. The van der Waals surface area contributed by atoms with Crippen LogP contribution < -0.4 is 0 Å². The number of aromatic nitrogens is 5. The molecule has 9 heteroatoms. The van der Waals surface area contributed by atoms with Crippen LogP contribution in [0, 0.1) is 0 Å². The number of nitrogens with zero attached hydrogens (tertiary/aromatic N) is 5. The molecule has 1 aliphatic carbocycles.